The highest BCUT2D eigenvalue weighted by atomic mass is 127. The molecule has 0 N–H and O–H groups in total. The SMILES string of the molecule is CCCCCOC1CS(=O)(=O)CC1I. The van der Waals surface area contributed by atoms with Crippen molar-refractivity contribution in [3.63, 3.8) is 0 Å². The van der Waals surface area contributed by atoms with Gasteiger partial charge in [0.2, 0.25) is 0 Å². The molecule has 0 aromatic carbocycles. The van der Waals surface area contributed by atoms with Gasteiger partial charge in [-0.25, -0.2) is 8.42 Å². The van der Waals surface area contributed by atoms with Gasteiger partial charge in [0.1, 0.15) is 0 Å². The van der Waals surface area contributed by atoms with Gasteiger partial charge in [0.15, 0.2) is 9.84 Å². The second kappa shape index (κ2) is 5.65. The Labute approximate surface area is 99.7 Å². The Morgan fingerprint density at radius 3 is 2.57 bits per heavy atom. The first-order chi connectivity index (χ1) is 6.55. The van der Waals surface area contributed by atoms with Gasteiger partial charge in [-0.2, -0.15) is 0 Å². The highest BCUT2D eigenvalue weighted by Crippen LogP contribution is 2.23. The predicted molar refractivity (Wildman–Crippen MR) is 65.7 cm³/mol. The average molecular weight is 332 g/mol. The van der Waals surface area contributed by atoms with Crippen LogP contribution in [0.2, 0.25) is 0 Å². The van der Waals surface area contributed by atoms with Crippen LogP contribution in [0.15, 0.2) is 0 Å². The molecular formula is C9H17IO3S. The van der Waals surface area contributed by atoms with Crippen molar-refractivity contribution in [1.82, 2.24) is 0 Å². The minimum atomic E-state index is -2.82. The number of hydrogen-bond donors (Lipinski definition) is 0. The second-order valence-electron chi connectivity index (χ2n) is 3.71. The van der Waals surface area contributed by atoms with E-state index >= 15 is 0 Å². The second-order valence-corrected chi connectivity index (χ2v) is 7.46. The van der Waals surface area contributed by atoms with E-state index in [9.17, 15) is 8.42 Å². The van der Waals surface area contributed by atoms with Crippen LogP contribution in [0.5, 0.6) is 0 Å². The summed E-state index contributed by atoms with van der Waals surface area (Å²) in [6.07, 6.45) is 3.29. The number of halogens is 1. The Balaban J connectivity index is 2.25. The maximum atomic E-state index is 11.3. The van der Waals surface area contributed by atoms with Gasteiger partial charge >= 0.3 is 0 Å². The van der Waals surface area contributed by atoms with Crippen LogP contribution in [0.1, 0.15) is 26.2 Å². The van der Waals surface area contributed by atoms with Gasteiger partial charge in [0.25, 0.3) is 0 Å². The Hall–Kier alpha value is 0.640. The number of unbranched alkanes of at least 4 members (excludes halogenated alkanes) is 2. The standard InChI is InChI=1S/C9H17IO3S/c1-2-3-4-5-13-9-7-14(11,12)6-8(9)10/h8-9H,2-7H2,1H3. The molecule has 0 amide bonds. The van der Waals surface area contributed by atoms with E-state index in [0.29, 0.717) is 6.61 Å². The van der Waals surface area contributed by atoms with Crippen molar-refractivity contribution in [3.05, 3.63) is 0 Å². The van der Waals surface area contributed by atoms with Crippen molar-refractivity contribution < 1.29 is 13.2 Å². The summed E-state index contributed by atoms with van der Waals surface area (Å²) in [5.41, 5.74) is 0. The Morgan fingerprint density at radius 1 is 1.36 bits per heavy atom. The van der Waals surface area contributed by atoms with Crippen molar-refractivity contribution in [2.24, 2.45) is 0 Å². The molecule has 84 valence electrons. The first-order valence-electron chi connectivity index (χ1n) is 5.01. The molecule has 5 heteroatoms. The third kappa shape index (κ3) is 4.02. The Bertz CT molecular complexity index is 263. The van der Waals surface area contributed by atoms with E-state index in [-0.39, 0.29) is 21.5 Å². The number of ether oxygens (including phenoxy) is 1. The summed E-state index contributed by atoms with van der Waals surface area (Å²) >= 11 is 2.18. The van der Waals surface area contributed by atoms with Gasteiger partial charge in [-0.05, 0) is 6.42 Å². The average Bonchev–Trinajstić information content (AvgIpc) is 2.34. The molecule has 1 saturated heterocycles. The van der Waals surface area contributed by atoms with E-state index in [1.54, 1.807) is 0 Å². The van der Waals surface area contributed by atoms with Crippen molar-refractivity contribution >= 4 is 32.4 Å². The molecule has 14 heavy (non-hydrogen) atoms. The molecule has 1 fully saturated rings. The molecule has 0 spiro atoms. The third-order valence-corrected chi connectivity index (χ3v) is 5.86. The van der Waals surface area contributed by atoms with Gasteiger partial charge in [0.05, 0.1) is 21.5 Å². The smallest absolute Gasteiger partial charge is 0.154 e. The molecule has 1 rings (SSSR count). The van der Waals surface area contributed by atoms with Gasteiger partial charge in [-0.3, -0.25) is 0 Å². The van der Waals surface area contributed by atoms with Gasteiger partial charge in [-0.15, -0.1) is 0 Å². The Morgan fingerprint density at radius 2 is 2.07 bits per heavy atom. The summed E-state index contributed by atoms with van der Waals surface area (Å²) < 4.78 is 28.2. The molecule has 1 aliphatic heterocycles. The summed E-state index contributed by atoms with van der Waals surface area (Å²) in [5, 5.41) is 0. The number of hydrogen-bond acceptors (Lipinski definition) is 3. The van der Waals surface area contributed by atoms with Gasteiger partial charge in [-0.1, -0.05) is 42.4 Å². The minimum Gasteiger partial charge on any atom is -0.376 e. The highest BCUT2D eigenvalue weighted by Gasteiger charge is 2.36. The summed E-state index contributed by atoms with van der Waals surface area (Å²) in [5.74, 6) is 0.499. The first kappa shape index (κ1) is 12.7. The molecule has 2 unspecified atom stereocenters. The van der Waals surface area contributed by atoms with Crippen LogP contribution in [0, 0.1) is 0 Å². The number of sulfone groups is 1. The monoisotopic (exact) mass is 332 g/mol. The van der Waals surface area contributed by atoms with E-state index < -0.39 is 9.84 Å². The molecule has 2 atom stereocenters. The maximum Gasteiger partial charge on any atom is 0.154 e. The number of alkyl halides is 1. The molecule has 0 saturated carbocycles. The van der Waals surface area contributed by atoms with E-state index in [0.717, 1.165) is 12.8 Å². The third-order valence-electron chi connectivity index (χ3n) is 2.31. The van der Waals surface area contributed by atoms with Crippen LogP contribution in [-0.4, -0.2) is 36.6 Å². The van der Waals surface area contributed by atoms with Crippen molar-refractivity contribution in [2.45, 2.75) is 36.2 Å². The minimum absolute atomic E-state index is 0.0718. The summed E-state index contributed by atoms with van der Waals surface area (Å²) in [4.78, 5) is 0. The number of rotatable bonds is 5. The topological polar surface area (TPSA) is 43.4 Å². The lowest BCUT2D eigenvalue weighted by molar-refractivity contribution is 0.0741. The molecule has 3 nitrogen and oxygen atoms in total. The lowest BCUT2D eigenvalue weighted by Gasteiger charge is -2.13. The fourth-order valence-electron chi connectivity index (χ4n) is 1.51. The lowest BCUT2D eigenvalue weighted by Crippen LogP contribution is -2.22. The molecule has 0 radical (unpaired) electrons. The molecule has 0 aliphatic carbocycles. The zero-order chi connectivity index (χ0) is 10.6. The van der Waals surface area contributed by atoms with E-state index in [4.69, 9.17) is 4.74 Å². The van der Waals surface area contributed by atoms with Crippen LogP contribution < -0.4 is 0 Å². The summed E-state index contributed by atoms with van der Waals surface area (Å²) in [6.45, 7) is 2.84. The summed E-state index contributed by atoms with van der Waals surface area (Å²) in [7, 11) is -2.82. The fourth-order valence-corrected chi connectivity index (χ4v) is 5.63. The van der Waals surface area contributed by atoms with Crippen molar-refractivity contribution in [3.8, 4) is 0 Å². The van der Waals surface area contributed by atoms with Crippen LogP contribution in [0.3, 0.4) is 0 Å². The molecule has 1 aliphatic rings. The zero-order valence-corrected chi connectivity index (χ0v) is 11.4. The normalized spacial score (nSPS) is 30.7. The van der Waals surface area contributed by atoms with E-state index in [1.807, 2.05) is 0 Å². The fraction of sp³-hybridized carbons (Fsp3) is 1.00. The molecule has 0 aromatic rings. The van der Waals surface area contributed by atoms with Crippen LogP contribution >= 0.6 is 22.6 Å². The summed E-state index contributed by atoms with van der Waals surface area (Å²) in [6, 6.07) is 0. The van der Waals surface area contributed by atoms with Crippen molar-refractivity contribution in [2.75, 3.05) is 18.1 Å². The van der Waals surface area contributed by atoms with E-state index in [1.165, 1.54) is 6.42 Å². The molecule has 1 heterocycles. The van der Waals surface area contributed by atoms with Crippen molar-refractivity contribution in [1.29, 1.82) is 0 Å². The molecule has 0 aromatic heterocycles. The predicted octanol–water partition coefficient (Wildman–Crippen LogP) is 1.79. The van der Waals surface area contributed by atoms with Gasteiger partial charge in [0, 0.05) is 6.61 Å². The Kier molecular flexibility index (Phi) is 5.13. The van der Waals surface area contributed by atoms with Crippen LogP contribution in [0.25, 0.3) is 0 Å². The largest absolute Gasteiger partial charge is 0.376 e. The lowest BCUT2D eigenvalue weighted by atomic mass is 10.2. The van der Waals surface area contributed by atoms with E-state index in [2.05, 4.69) is 29.5 Å². The van der Waals surface area contributed by atoms with Gasteiger partial charge < -0.3 is 4.74 Å². The van der Waals surface area contributed by atoms with Crippen LogP contribution in [0.4, 0.5) is 0 Å². The molecule has 0 bridgehead atoms. The first-order valence-corrected chi connectivity index (χ1v) is 8.08. The zero-order valence-electron chi connectivity index (χ0n) is 8.41. The molecular weight excluding hydrogens is 315 g/mol. The quantitative estimate of drug-likeness (QED) is 0.438. The van der Waals surface area contributed by atoms with Crippen LogP contribution in [-0.2, 0) is 14.6 Å². The maximum absolute atomic E-state index is 11.3. The highest BCUT2D eigenvalue weighted by molar-refractivity contribution is 14.1.